The maximum atomic E-state index is 5.49. The SMILES string of the molecule is COc1cccc2c(N3CCC(c4nccc(C)n4)CC3)nccc12. The van der Waals surface area contributed by atoms with Crippen LogP contribution in [0.5, 0.6) is 5.75 Å². The first-order valence-corrected chi connectivity index (χ1v) is 8.72. The Labute approximate surface area is 147 Å². The van der Waals surface area contributed by atoms with E-state index in [4.69, 9.17) is 4.74 Å². The molecule has 1 aliphatic heterocycles. The van der Waals surface area contributed by atoms with Crippen LogP contribution < -0.4 is 9.64 Å². The molecule has 0 spiro atoms. The third-order valence-corrected chi connectivity index (χ3v) is 4.94. The number of nitrogens with zero attached hydrogens (tertiary/aromatic N) is 4. The van der Waals surface area contributed by atoms with Crippen molar-refractivity contribution < 1.29 is 4.74 Å². The Kier molecular flexibility index (Phi) is 4.22. The average molecular weight is 334 g/mol. The monoisotopic (exact) mass is 334 g/mol. The molecule has 0 aliphatic carbocycles. The Hall–Kier alpha value is -2.69. The van der Waals surface area contributed by atoms with Crippen LogP contribution in [0.1, 0.15) is 30.3 Å². The number of hydrogen-bond donors (Lipinski definition) is 0. The molecular weight excluding hydrogens is 312 g/mol. The van der Waals surface area contributed by atoms with E-state index in [9.17, 15) is 0 Å². The molecule has 1 aromatic carbocycles. The molecule has 1 fully saturated rings. The van der Waals surface area contributed by atoms with Crippen LogP contribution in [0.25, 0.3) is 10.8 Å². The second kappa shape index (κ2) is 6.67. The van der Waals surface area contributed by atoms with Crippen LogP contribution in [0, 0.1) is 6.92 Å². The number of pyridine rings is 1. The van der Waals surface area contributed by atoms with Crippen LogP contribution in [0.3, 0.4) is 0 Å². The number of ether oxygens (including phenoxy) is 1. The minimum absolute atomic E-state index is 0.431. The number of methoxy groups -OCH3 is 1. The Bertz CT molecular complexity index is 888. The predicted molar refractivity (Wildman–Crippen MR) is 99.3 cm³/mol. The molecule has 2 aromatic heterocycles. The fraction of sp³-hybridized carbons (Fsp3) is 0.350. The first-order chi connectivity index (χ1) is 12.3. The van der Waals surface area contributed by atoms with Crippen molar-refractivity contribution in [2.24, 2.45) is 0 Å². The fourth-order valence-corrected chi connectivity index (χ4v) is 3.61. The zero-order chi connectivity index (χ0) is 17.2. The first-order valence-electron chi connectivity index (χ1n) is 8.72. The molecule has 1 aliphatic rings. The van der Waals surface area contributed by atoms with Crippen molar-refractivity contribution in [3.63, 3.8) is 0 Å². The van der Waals surface area contributed by atoms with E-state index >= 15 is 0 Å². The van der Waals surface area contributed by atoms with Crippen molar-refractivity contribution in [3.8, 4) is 5.75 Å². The quantitative estimate of drug-likeness (QED) is 0.730. The van der Waals surface area contributed by atoms with Crippen LogP contribution in [0.15, 0.2) is 42.7 Å². The number of aryl methyl sites for hydroxylation is 1. The lowest BCUT2D eigenvalue weighted by atomic mass is 9.95. The smallest absolute Gasteiger partial charge is 0.136 e. The summed E-state index contributed by atoms with van der Waals surface area (Å²) in [5, 5.41) is 2.26. The highest BCUT2D eigenvalue weighted by Gasteiger charge is 2.24. The molecular formula is C20H22N4O. The lowest BCUT2D eigenvalue weighted by Gasteiger charge is -2.32. The van der Waals surface area contributed by atoms with E-state index in [1.807, 2.05) is 43.6 Å². The van der Waals surface area contributed by atoms with Crippen LogP contribution in [0.2, 0.25) is 0 Å². The van der Waals surface area contributed by atoms with E-state index in [-0.39, 0.29) is 0 Å². The summed E-state index contributed by atoms with van der Waals surface area (Å²) < 4.78 is 5.49. The largest absolute Gasteiger partial charge is 0.496 e. The molecule has 5 nitrogen and oxygen atoms in total. The lowest BCUT2D eigenvalue weighted by Crippen LogP contribution is -2.34. The Balaban J connectivity index is 1.58. The molecule has 5 heteroatoms. The van der Waals surface area contributed by atoms with Crippen molar-refractivity contribution in [3.05, 3.63) is 54.2 Å². The number of anilines is 1. The molecule has 3 heterocycles. The van der Waals surface area contributed by atoms with Crippen molar-refractivity contribution in [2.75, 3.05) is 25.1 Å². The summed E-state index contributed by atoms with van der Waals surface area (Å²) in [7, 11) is 1.71. The summed E-state index contributed by atoms with van der Waals surface area (Å²) in [5.41, 5.74) is 1.04. The number of benzene rings is 1. The van der Waals surface area contributed by atoms with Crippen LogP contribution in [-0.2, 0) is 0 Å². The maximum absolute atomic E-state index is 5.49. The Morgan fingerprint density at radius 2 is 1.80 bits per heavy atom. The summed E-state index contributed by atoms with van der Waals surface area (Å²) >= 11 is 0. The van der Waals surface area contributed by atoms with Gasteiger partial charge in [0, 0.05) is 47.9 Å². The second-order valence-corrected chi connectivity index (χ2v) is 6.51. The van der Waals surface area contributed by atoms with Crippen molar-refractivity contribution >= 4 is 16.6 Å². The van der Waals surface area contributed by atoms with Gasteiger partial charge in [-0.25, -0.2) is 15.0 Å². The van der Waals surface area contributed by atoms with Gasteiger partial charge in [-0.1, -0.05) is 12.1 Å². The normalized spacial score (nSPS) is 15.5. The van der Waals surface area contributed by atoms with Gasteiger partial charge in [-0.05, 0) is 38.0 Å². The summed E-state index contributed by atoms with van der Waals surface area (Å²) in [6, 6.07) is 10.1. The van der Waals surface area contributed by atoms with Gasteiger partial charge in [0.25, 0.3) is 0 Å². The third kappa shape index (κ3) is 3.02. The molecule has 4 rings (SSSR count). The van der Waals surface area contributed by atoms with E-state index in [1.165, 1.54) is 0 Å². The number of rotatable bonds is 3. The molecule has 0 atom stereocenters. The van der Waals surface area contributed by atoms with Gasteiger partial charge in [0.1, 0.15) is 17.4 Å². The van der Waals surface area contributed by atoms with Gasteiger partial charge in [0.15, 0.2) is 0 Å². The molecule has 0 saturated carbocycles. The van der Waals surface area contributed by atoms with Crippen LogP contribution in [-0.4, -0.2) is 35.2 Å². The Morgan fingerprint density at radius 3 is 2.56 bits per heavy atom. The van der Waals surface area contributed by atoms with E-state index in [0.717, 1.165) is 59.8 Å². The van der Waals surface area contributed by atoms with Gasteiger partial charge in [0.05, 0.1) is 7.11 Å². The number of hydrogen-bond acceptors (Lipinski definition) is 5. The van der Waals surface area contributed by atoms with E-state index < -0.39 is 0 Å². The average Bonchev–Trinajstić information content (AvgIpc) is 2.67. The highest BCUT2D eigenvalue weighted by atomic mass is 16.5. The topological polar surface area (TPSA) is 51.1 Å². The summed E-state index contributed by atoms with van der Waals surface area (Å²) in [6.07, 6.45) is 5.83. The predicted octanol–water partition coefficient (Wildman–Crippen LogP) is 3.73. The van der Waals surface area contributed by atoms with Crippen LogP contribution in [0.4, 0.5) is 5.82 Å². The highest BCUT2D eigenvalue weighted by Crippen LogP contribution is 2.34. The minimum Gasteiger partial charge on any atom is -0.496 e. The van der Waals surface area contributed by atoms with Gasteiger partial charge in [-0.15, -0.1) is 0 Å². The molecule has 0 radical (unpaired) electrons. The van der Waals surface area contributed by atoms with Gasteiger partial charge < -0.3 is 9.64 Å². The number of aromatic nitrogens is 3. The molecule has 0 amide bonds. The van der Waals surface area contributed by atoms with Gasteiger partial charge >= 0.3 is 0 Å². The van der Waals surface area contributed by atoms with Crippen LogP contribution >= 0.6 is 0 Å². The molecule has 0 unspecified atom stereocenters. The molecule has 1 saturated heterocycles. The first kappa shape index (κ1) is 15.8. The molecule has 0 N–H and O–H groups in total. The van der Waals surface area contributed by atoms with Gasteiger partial charge in [-0.2, -0.15) is 0 Å². The fourth-order valence-electron chi connectivity index (χ4n) is 3.61. The van der Waals surface area contributed by atoms with Gasteiger partial charge in [-0.3, -0.25) is 0 Å². The molecule has 0 bridgehead atoms. The summed E-state index contributed by atoms with van der Waals surface area (Å²) in [6.45, 7) is 3.95. The highest BCUT2D eigenvalue weighted by molar-refractivity contribution is 5.96. The molecule has 3 aromatic rings. The zero-order valence-corrected chi connectivity index (χ0v) is 14.6. The molecule has 128 valence electrons. The maximum Gasteiger partial charge on any atom is 0.136 e. The van der Waals surface area contributed by atoms with E-state index in [1.54, 1.807) is 7.11 Å². The summed E-state index contributed by atoms with van der Waals surface area (Å²) in [5.74, 6) is 3.34. The second-order valence-electron chi connectivity index (χ2n) is 6.51. The van der Waals surface area contributed by atoms with E-state index in [2.05, 4.69) is 25.9 Å². The summed E-state index contributed by atoms with van der Waals surface area (Å²) in [4.78, 5) is 16.1. The zero-order valence-electron chi connectivity index (χ0n) is 14.6. The van der Waals surface area contributed by atoms with Crippen molar-refractivity contribution in [1.82, 2.24) is 15.0 Å². The minimum atomic E-state index is 0.431. The number of piperidine rings is 1. The lowest BCUT2D eigenvalue weighted by molar-refractivity contribution is 0.420. The van der Waals surface area contributed by atoms with E-state index in [0.29, 0.717) is 5.92 Å². The van der Waals surface area contributed by atoms with Gasteiger partial charge in [0.2, 0.25) is 0 Å². The molecule has 25 heavy (non-hydrogen) atoms. The standard InChI is InChI=1S/C20H22N4O/c1-14-6-10-21-19(23-14)15-8-12-24(13-9-15)20-17-4-3-5-18(25-2)16(17)7-11-22-20/h3-7,10-11,15H,8-9,12-13H2,1-2H3. The number of fused-ring (bicyclic) bond motifs is 1. The van der Waals surface area contributed by atoms with Crippen molar-refractivity contribution in [2.45, 2.75) is 25.7 Å². The third-order valence-electron chi connectivity index (χ3n) is 4.94. The Morgan fingerprint density at radius 1 is 1.00 bits per heavy atom. The van der Waals surface area contributed by atoms with Crippen molar-refractivity contribution in [1.29, 1.82) is 0 Å².